The van der Waals surface area contributed by atoms with E-state index in [9.17, 15) is 4.79 Å². The summed E-state index contributed by atoms with van der Waals surface area (Å²) in [4.78, 5) is 11.7. The number of amides is 1. The predicted molar refractivity (Wildman–Crippen MR) is 57.3 cm³/mol. The van der Waals surface area contributed by atoms with Crippen molar-refractivity contribution < 1.29 is 4.79 Å². The number of nitrogen functional groups attached to an aromatic ring is 1. The summed E-state index contributed by atoms with van der Waals surface area (Å²) >= 11 is 0. The van der Waals surface area contributed by atoms with E-state index >= 15 is 0 Å². The Kier molecular flexibility index (Phi) is 2.62. The zero-order valence-corrected chi connectivity index (χ0v) is 8.79. The summed E-state index contributed by atoms with van der Waals surface area (Å²) < 4.78 is 0. The van der Waals surface area contributed by atoms with Crippen molar-refractivity contribution in [3.63, 3.8) is 0 Å². The minimum atomic E-state index is -0.168. The number of nitrogens with zero attached hydrogens (tertiary/aromatic N) is 1. The fourth-order valence-corrected chi connectivity index (χ4v) is 1.69. The van der Waals surface area contributed by atoms with Gasteiger partial charge in [0.15, 0.2) is 0 Å². The van der Waals surface area contributed by atoms with Gasteiger partial charge in [-0.3, -0.25) is 9.89 Å². The summed E-state index contributed by atoms with van der Waals surface area (Å²) in [6.07, 6.45) is 5.10. The molecular weight excluding hydrogens is 192 g/mol. The Labute approximate surface area is 88.4 Å². The summed E-state index contributed by atoms with van der Waals surface area (Å²) in [5.41, 5.74) is 6.33. The number of rotatable bonds is 4. The first-order valence-electron chi connectivity index (χ1n) is 5.26. The van der Waals surface area contributed by atoms with Crippen molar-refractivity contribution in [2.45, 2.75) is 32.2 Å². The molecule has 15 heavy (non-hydrogen) atoms. The molecule has 1 aliphatic rings. The lowest BCUT2D eigenvalue weighted by Gasteiger charge is -2.12. The van der Waals surface area contributed by atoms with Gasteiger partial charge in [-0.25, -0.2) is 0 Å². The number of hydrogen-bond donors (Lipinski definition) is 3. The number of nitrogens with one attached hydrogen (secondary N) is 2. The van der Waals surface area contributed by atoms with Gasteiger partial charge in [0.25, 0.3) is 5.91 Å². The summed E-state index contributed by atoms with van der Waals surface area (Å²) in [5.74, 6) is 0.637. The van der Waals surface area contributed by atoms with Crippen molar-refractivity contribution in [2.75, 3.05) is 5.73 Å². The van der Waals surface area contributed by atoms with Crippen LogP contribution in [0.3, 0.4) is 0 Å². The van der Waals surface area contributed by atoms with E-state index in [1.807, 2.05) is 6.92 Å². The number of hydrogen-bond acceptors (Lipinski definition) is 3. The van der Waals surface area contributed by atoms with Crippen LogP contribution in [0.1, 0.15) is 36.7 Å². The number of carbonyl (C=O) groups is 1. The third-order valence-electron chi connectivity index (χ3n) is 2.66. The maximum atomic E-state index is 11.7. The summed E-state index contributed by atoms with van der Waals surface area (Å²) in [6.45, 7) is 2.02. The van der Waals surface area contributed by atoms with E-state index in [1.165, 1.54) is 19.0 Å². The molecule has 1 amide bonds. The number of aromatic amines is 1. The van der Waals surface area contributed by atoms with Crippen molar-refractivity contribution >= 4 is 11.6 Å². The maximum absolute atomic E-state index is 11.7. The minimum Gasteiger partial charge on any atom is -0.396 e. The number of H-pyrrole nitrogens is 1. The molecule has 0 radical (unpaired) electrons. The van der Waals surface area contributed by atoms with Crippen molar-refractivity contribution in [2.24, 2.45) is 5.92 Å². The van der Waals surface area contributed by atoms with Gasteiger partial charge >= 0.3 is 0 Å². The highest BCUT2D eigenvalue weighted by Crippen LogP contribution is 2.33. The molecule has 1 unspecified atom stereocenters. The maximum Gasteiger partial charge on any atom is 0.271 e. The SMILES string of the molecule is CC(CC1CC1)NC(=O)c1[nH]ncc1N. The molecule has 1 fully saturated rings. The van der Waals surface area contributed by atoms with Gasteiger partial charge in [0.05, 0.1) is 11.9 Å². The monoisotopic (exact) mass is 208 g/mol. The molecule has 0 spiro atoms. The molecule has 5 nitrogen and oxygen atoms in total. The van der Waals surface area contributed by atoms with E-state index in [1.54, 1.807) is 0 Å². The van der Waals surface area contributed by atoms with Crippen molar-refractivity contribution in [1.29, 1.82) is 0 Å². The highest BCUT2D eigenvalue weighted by molar-refractivity contribution is 5.97. The van der Waals surface area contributed by atoms with Gasteiger partial charge < -0.3 is 11.1 Å². The van der Waals surface area contributed by atoms with E-state index < -0.39 is 0 Å². The highest BCUT2D eigenvalue weighted by atomic mass is 16.2. The molecule has 1 aromatic heterocycles. The molecule has 4 N–H and O–H groups in total. The van der Waals surface area contributed by atoms with Gasteiger partial charge in [-0.1, -0.05) is 12.8 Å². The van der Waals surface area contributed by atoms with Crippen molar-refractivity contribution in [3.05, 3.63) is 11.9 Å². The van der Waals surface area contributed by atoms with E-state index in [0.29, 0.717) is 11.4 Å². The third kappa shape index (κ3) is 2.49. The van der Waals surface area contributed by atoms with E-state index in [-0.39, 0.29) is 11.9 Å². The van der Waals surface area contributed by atoms with Crippen LogP contribution in [-0.4, -0.2) is 22.1 Å². The Morgan fingerprint density at radius 2 is 2.53 bits per heavy atom. The molecular formula is C10H16N4O. The quantitative estimate of drug-likeness (QED) is 0.687. The zero-order valence-electron chi connectivity index (χ0n) is 8.79. The van der Waals surface area contributed by atoms with Crippen LogP contribution in [0.2, 0.25) is 0 Å². The first kappa shape index (κ1) is 10.0. The average molecular weight is 208 g/mol. The number of aromatic nitrogens is 2. The molecule has 2 rings (SSSR count). The van der Waals surface area contributed by atoms with Crippen LogP contribution in [0.5, 0.6) is 0 Å². The molecule has 0 bridgehead atoms. The molecule has 0 aliphatic heterocycles. The van der Waals surface area contributed by atoms with E-state index in [0.717, 1.165) is 12.3 Å². The minimum absolute atomic E-state index is 0.168. The van der Waals surface area contributed by atoms with E-state index in [4.69, 9.17) is 5.73 Å². The fourth-order valence-electron chi connectivity index (χ4n) is 1.69. The Morgan fingerprint density at radius 3 is 3.07 bits per heavy atom. The van der Waals surface area contributed by atoms with Crippen molar-refractivity contribution in [3.8, 4) is 0 Å². The van der Waals surface area contributed by atoms with Crippen molar-refractivity contribution in [1.82, 2.24) is 15.5 Å². The van der Waals surface area contributed by atoms with Crippen LogP contribution in [-0.2, 0) is 0 Å². The molecule has 0 aromatic carbocycles. The lowest BCUT2D eigenvalue weighted by Crippen LogP contribution is -2.33. The third-order valence-corrected chi connectivity index (χ3v) is 2.66. The number of nitrogens with two attached hydrogens (primary N) is 1. The Morgan fingerprint density at radius 1 is 1.80 bits per heavy atom. The summed E-state index contributed by atoms with van der Waals surface area (Å²) in [5, 5.41) is 9.21. The molecule has 1 heterocycles. The molecule has 0 saturated heterocycles. The van der Waals surface area contributed by atoms with Crippen LogP contribution in [0, 0.1) is 5.92 Å². The lowest BCUT2D eigenvalue weighted by molar-refractivity contribution is 0.0933. The smallest absolute Gasteiger partial charge is 0.271 e. The Bertz CT molecular complexity index is 356. The average Bonchev–Trinajstić information content (AvgIpc) is 2.85. The Hall–Kier alpha value is -1.52. The van der Waals surface area contributed by atoms with Gasteiger partial charge in [-0.05, 0) is 19.3 Å². The highest BCUT2D eigenvalue weighted by Gasteiger charge is 2.24. The molecule has 1 aromatic rings. The second kappa shape index (κ2) is 3.92. The number of anilines is 1. The number of carbonyl (C=O) groups excluding carboxylic acids is 1. The van der Waals surface area contributed by atoms with Crippen LogP contribution in [0.25, 0.3) is 0 Å². The van der Waals surface area contributed by atoms with Gasteiger partial charge in [-0.15, -0.1) is 0 Å². The van der Waals surface area contributed by atoms with Crippen LogP contribution in [0.15, 0.2) is 6.20 Å². The van der Waals surface area contributed by atoms with Gasteiger partial charge in [0.2, 0.25) is 0 Å². The lowest BCUT2D eigenvalue weighted by atomic mass is 10.1. The normalized spacial score (nSPS) is 17.4. The van der Waals surface area contributed by atoms with Crippen LogP contribution >= 0.6 is 0 Å². The predicted octanol–water partition coefficient (Wildman–Crippen LogP) is 0.910. The summed E-state index contributed by atoms with van der Waals surface area (Å²) in [6, 6.07) is 0.202. The van der Waals surface area contributed by atoms with Gasteiger partial charge in [0.1, 0.15) is 5.69 Å². The van der Waals surface area contributed by atoms with Crippen LogP contribution in [0.4, 0.5) is 5.69 Å². The second-order valence-corrected chi connectivity index (χ2v) is 4.25. The first-order valence-corrected chi connectivity index (χ1v) is 5.26. The second-order valence-electron chi connectivity index (χ2n) is 4.25. The summed E-state index contributed by atoms with van der Waals surface area (Å²) in [7, 11) is 0. The molecule has 5 heteroatoms. The zero-order chi connectivity index (χ0) is 10.8. The van der Waals surface area contributed by atoms with E-state index in [2.05, 4.69) is 15.5 Å². The first-order chi connectivity index (χ1) is 7.16. The molecule has 82 valence electrons. The van der Waals surface area contributed by atoms with Gasteiger partial charge in [-0.2, -0.15) is 5.10 Å². The topological polar surface area (TPSA) is 83.8 Å². The molecule has 1 atom stereocenters. The van der Waals surface area contributed by atoms with Crippen LogP contribution < -0.4 is 11.1 Å². The standard InChI is InChI=1S/C10H16N4O/c1-6(4-7-2-3-7)13-10(15)9-8(11)5-12-14-9/h5-7H,2-4,11H2,1H3,(H,12,14)(H,13,15). The molecule has 1 saturated carbocycles. The van der Waals surface area contributed by atoms with Gasteiger partial charge in [0, 0.05) is 6.04 Å². The Balaban J connectivity index is 1.88. The largest absolute Gasteiger partial charge is 0.396 e. The fraction of sp³-hybridized carbons (Fsp3) is 0.600. The molecule has 1 aliphatic carbocycles.